The van der Waals surface area contributed by atoms with Crippen LogP contribution in [0, 0.1) is 20.8 Å². The van der Waals surface area contributed by atoms with Crippen LogP contribution in [0.15, 0.2) is 75.7 Å². The molecule has 1 aliphatic rings. The Morgan fingerprint density at radius 1 is 1.07 bits per heavy atom. The molecule has 2 aromatic heterocycles. The number of ether oxygens (including phenoxy) is 1. The van der Waals surface area contributed by atoms with Gasteiger partial charge in [-0.25, -0.2) is 9.79 Å². The Kier molecular flexibility index (Phi) is 7.51. The quantitative estimate of drug-likeness (QED) is 0.291. The lowest BCUT2D eigenvalue weighted by Gasteiger charge is -2.25. The van der Waals surface area contributed by atoms with Gasteiger partial charge in [-0.1, -0.05) is 61.6 Å². The number of benzene rings is 2. The van der Waals surface area contributed by atoms with E-state index in [4.69, 9.17) is 9.73 Å². The molecule has 0 amide bonds. The second-order valence-electron chi connectivity index (χ2n) is 10.6. The molecule has 0 spiro atoms. The number of esters is 1. The zero-order chi connectivity index (χ0) is 28.7. The highest BCUT2D eigenvalue weighted by Gasteiger charge is 2.33. The number of hydrogen-bond donors (Lipinski definition) is 0. The summed E-state index contributed by atoms with van der Waals surface area (Å²) in [7, 11) is 0. The van der Waals surface area contributed by atoms with Crippen LogP contribution >= 0.6 is 11.3 Å². The van der Waals surface area contributed by atoms with E-state index in [1.54, 1.807) is 11.5 Å². The number of nitrogens with zero attached hydrogens (tertiary/aromatic N) is 3. The average molecular weight is 554 g/mol. The number of carbonyl (C=O) groups excluding carboxylic acids is 1. The van der Waals surface area contributed by atoms with Gasteiger partial charge in [-0.15, -0.1) is 0 Å². The average Bonchev–Trinajstić information content (AvgIpc) is 3.37. The van der Waals surface area contributed by atoms with Gasteiger partial charge in [0.25, 0.3) is 5.56 Å². The minimum absolute atomic E-state index is 0.170. The standard InChI is InChI=1S/C33H35N3O3S/c1-8-39-32(38)29-22(6)34-33-36(30(29)25-14-12-24(13-15-25)19(2)3)31(37)28(40-33)18-26-17-21(5)35(23(26)7)27-11-9-10-20(4)16-27/h9-19,30H,8H2,1-7H3/b28-18+/t30-/m1/s1. The maximum Gasteiger partial charge on any atom is 0.338 e. The summed E-state index contributed by atoms with van der Waals surface area (Å²) < 4.78 is 9.86. The van der Waals surface area contributed by atoms with Crippen molar-refractivity contribution in [1.82, 2.24) is 9.13 Å². The predicted molar refractivity (Wildman–Crippen MR) is 161 cm³/mol. The number of rotatable bonds is 6. The van der Waals surface area contributed by atoms with Gasteiger partial charge in [-0.05, 0) is 87.1 Å². The zero-order valence-electron chi connectivity index (χ0n) is 24.1. The van der Waals surface area contributed by atoms with E-state index in [1.165, 1.54) is 22.5 Å². The fourth-order valence-corrected chi connectivity index (χ4v) is 6.45. The number of thiazole rings is 1. The first-order valence-corrected chi connectivity index (χ1v) is 14.5. The number of allylic oxidation sites excluding steroid dienone is 1. The normalized spacial score (nSPS) is 15.4. The Morgan fingerprint density at radius 2 is 1.80 bits per heavy atom. The zero-order valence-corrected chi connectivity index (χ0v) is 24.9. The third-order valence-corrected chi connectivity index (χ3v) is 8.44. The SMILES string of the molecule is CCOC(=O)C1=C(C)N=c2s/c(=C/c3cc(C)n(-c4cccc(C)c4)c3C)c(=O)n2[C@@H]1c1ccc(C(C)C)cc1. The molecule has 0 bridgehead atoms. The molecular weight excluding hydrogens is 518 g/mol. The first-order chi connectivity index (χ1) is 19.1. The molecule has 0 unspecified atom stereocenters. The summed E-state index contributed by atoms with van der Waals surface area (Å²) in [6.45, 7) is 14.3. The maximum atomic E-state index is 14.0. The molecule has 0 radical (unpaired) electrons. The van der Waals surface area contributed by atoms with Crippen LogP contribution < -0.4 is 14.9 Å². The van der Waals surface area contributed by atoms with Gasteiger partial charge >= 0.3 is 5.97 Å². The lowest BCUT2D eigenvalue weighted by Crippen LogP contribution is -2.39. The highest BCUT2D eigenvalue weighted by Crippen LogP contribution is 2.31. The fraction of sp³-hybridized carbons (Fsp3) is 0.303. The molecule has 3 heterocycles. The number of aromatic nitrogens is 2. The molecule has 0 saturated carbocycles. The molecule has 2 aromatic carbocycles. The summed E-state index contributed by atoms with van der Waals surface area (Å²) in [4.78, 5) is 32.5. The van der Waals surface area contributed by atoms with Crippen molar-refractivity contribution in [2.45, 2.75) is 60.4 Å². The Labute approximate surface area is 238 Å². The third kappa shape index (κ3) is 4.90. The monoisotopic (exact) mass is 553 g/mol. The molecule has 40 heavy (non-hydrogen) atoms. The number of fused-ring (bicyclic) bond motifs is 1. The Bertz CT molecular complexity index is 1820. The van der Waals surface area contributed by atoms with E-state index >= 15 is 0 Å². The first-order valence-electron chi connectivity index (χ1n) is 13.7. The van der Waals surface area contributed by atoms with Gasteiger partial charge in [-0.3, -0.25) is 9.36 Å². The number of hydrogen-bond acceptors (Lipinski definition) is 5. The van der Waals surface area contributed by atoms with Crippen LogP contribution in [0.2, 0.25) is 0 Å². The van der Waals surface area contributed by atoms with Crippen LogP contribution in [-0.4, -0.2) is 21.7 Å². The molecule has 206 valence electrons. The Morgan fingerprint density at radius 3 is 2.45 bits per heavy atom. The molecule has 6 nitrogen and oxygen atoms in total. The minimum Gasteiger partial charge on any atom is -0.463 e. The summed E-state index contributed by atoms with van der Waals surface area (Å²) in [6, 6.07) is 18.0. The van der Waals surface area contributed by atoms with Crippen molar-refractivity contribution >= 4 is 23.4 Å². The van der Waals surface area contributed by atoms with E-state index in [2.05, 4.69) is 81.7 Å². The van der Waals surface area contributed by atoms with Crippen molar-refractivity contribution < 1.29 is 9.53 Å². The summed E-state index contributed by atoms with van der Waals surface area (Å²) in [5, 5.41) is 0. The van der Waals surface area contributed by atoms with E-state index in [0.29, 0.717) is 26.5 Å². The molecule has 0 saturated heterocycles. The molecule has 0 aliphatic carbocycles. The van der Waals surface area contributed by atoms with E-state index in [-0.39, 0.29) is 12.2 Å². The number of carbonyl (C=O) groups is 1. The molecule has 5 rings (SSSR count). The first kappa shape index (κ1) is 27.6. The molecule has 1 aliphatic heterocycles. The highest BCUT2D eigenvalue weighted by atomic mass is 32.1. The molecule has 0 N–H and O–H groups in total. The molecule has 1 atom stereocenters. The van der Waals surface area contributed by atoms with Crippen LogP contribution in [0.4, 0.5) is 0 Å². The van der Waals surface area contributed by atoms with Crippen molar-refractivity contribution in [3.8, 4) is 5.69 Å². The summed E-state index contributed by atoms with van der Waals surface area (Å²) in [6.07, 6.45) is 1.95. The lowest BCUT2D eigenvalue weighted by molar-refractivity contribution is -0.139. The van der Waals surface area contributed by atoms with Crippen LogP contribution in [-0.2, 0) is 9.53 Å². The molecule has 4 aromatic rings. The van der Waals surface area contributed by atoms with E-state index in [1.807, 2.05) is 25.1 Å². The molecule has 0 fully saturated rings. The van der Waals surface area contributed by atoms with Gasteiger partial charge in [0.2, 0.25) is 0 Å². The van der Waals surface area contributed by atoms with E-state index in [0.717, 1.165) is 28.2 Å². The lowest BCUT2D eigenvalue weighted by atomic mass is 9.93. The van der Waals surface area contributed by atoms with Gasteiger partial charge in [0, 0.05) is 17.1 Å². The summed E-state index contributed by atoms with van der Waals surface area (Å²) in [5.74, 6) is -0.0747. The summed E-state index contributed by atoms with van der Waals surface area (Å²) >= 11 is 1.35. The van der Waals surface area contributed by atoms with Gasteiger partial charge in [0.15, 0.2) is 4.80 Å². The van der Waals surface area contributed by atoms with Gasteiger partial charge in [0.05, 0.1) is 28.5 Å². The second kappa shape index (κ2) is 10.9. The topological polar surface area (TPSA) is 65.6 Å². The highest BCUT2D eigenvalue weighted by molar-refractivity contribution is 7.07. The molecule has 7 heteroatoms. The smallest absolute Gasteiger partial charge is 0.338 e. The maximum absolute atomic E-state index is 14.0. The number of aryl methyl sites for hydroxylation is 2. The second-order valence-corrected chi connectivity index (χ2v) is 11.6. The van der Waals surface area contributed by atoms with E-state index in [9.17, 15) is 9.59 Å². The van der Waals surface area contributed by atoms with Crippen molar-refractivity contribution in [3.63, 3.8) is 0 Å². The van der Waals surface area contributed by atoms with Crippen LogP contribution in [0.1, 0.15) is 73.3 Å². The van der Waals surface area contributed by atoms with Crippen molar-refractivity contribution in [2.24, 2.45) is 4.99 Å². The minimum atomic E-state index is -0.613. The van der Waals surface area contributed by atoms with Crippen LogP contribution in [0.5, 0.6) is 0 Å². The largest absolute Gasteiger partial charge is 0.463 e. The van der Waals surface area contributed by atoms with Gasteiger partial charge < -0.3 is 9.30 Å². The van der Waals surface area contributed by atoms with Gasteiger partial charge in [0.1, 0.15) is 0 Å². The Hall–Kier alpha value is -3.97. The van der Waals surface area contributed by atoms with Crippen molar-refractivity contribution in [3.05, 3.63) is 119 Å². The van der Waals surface area contributed by atoms with Crippen LogP contribution in [0.25, 0.3) is 11.8 Å². The molecular formula is C33H35N3O3S. The Balaban J connectivity index is 1.68. The third-order valence-electron chi connectivity index (χ3n) is 7.45. The van der Waals surface area contributed by atoms with Gasteiger partial charge in [-0.2, -0.15) is 0 Å². The van der Waals surface area contributed by atoms with E-state index < -0.39 is 12.0 Å². The summed E-state index contributed by atoms with van der Waals surface area (Å²) in [5.41, 5.74) is 8.25. The predicted octanol–water partition coefficient (Wildman–Crippen LogP) is 5.64. The van der Waals surface area contributed by atoms with Crippen molar-refractivity contribution in [2.75, 3.05) is 6.61 Å². The fourth-order valence-electron chi connectivity index (χ4n) is 5.41. The van der Waals surface area contributed by atoms with Crippen molar-refractivity contribution in [1.29, 1.82) is 0 Å². The van der Waals surface area contributed by atoms with Crippen LogP contribution in [0.3, 0.4) is 0 Å².